The molecule has 0 aromatic carbocycles. The second-order valence-electron chi connectivity index (χ2n) is 13.6. The minimum Gasteiger partial charge on any atom is -0.481 e. The van der Waals surface area contributed by atoms with Gasteiger partial charge in [0.25, 0.3) is 0 Å². The predicted molar refractivity (Wildman–Crippen MR) is 190 cm³/mol. The Morgan fingerprint density at radius 1 is 0.489 bits per heavy atom. The number of amides is 1. The SMILES string of the molecule is CCCCCCCCCCCCCC(=O)N[C@@H](CCC(=O)O)C(=O)OC(CCCCCCCC)CCCCCCCCCCC. The zero-order chi connectivity index (χ0) is 33.2. The lowest BCUT2D eigenvalue weighted by atomic mass is 10.0. The van der Waals surface area contributed by atoms with Gasteiger partial charge in [-0.1, -0.05) is 168 Å². The van der Waals surface area contributed by atoms with E-state index >= 15 is 0 Å². The van der Waals surface area contributed by atoms with E-state index in [-0.39, 0.29) is 24.9 Å². The molecule has 0 aliphatic carbocycles. The van der Waals surface area contributed by atoms with Crippen LogP contribution in [0.25, 0.3) is 0 Å². The molecule has 1 amide bonds. The van der Waals surface area contributed by atoms with Crippen LogP contribution in [0.2, 0.25) is 0 Å². The highest BCUT2D eigenvalue weighted by Crippen LogP contribution is 2.19. The van der Waals surface area contributed by atoms with Crippen LogP contribution in [0, 0.1) is 0 Å². The van der Waals surface area contributed by atoms with Crippen molar-refractivity contribution in [2.45, 2.75) is 232 Å². The third-order valence-electron chi connectivity index (χ3n) is 9.07. The number of carboxylic acid groups (broad SMARTS) is 1. The topological polar surface area (TPSA) is 92.7 Å². The predicted octanol–water partition coefficient (Wildman–Crippen LogP) is 11.6. The van der Waals surface area contributed by atoms with Crippen molar-refractivity contribution in [1.82, 2.24) is 5.32 Å². The molecule has 2 atom stereocenters. The molecule has 0 spiro atoms. The van der Waals surface area contributed by atoms with E-state index in [1.54, 1.807) is 0 Å². The monoisotopic (exact) mass is 638 g/mol. The van der Waals surface area contributed by atoms with E-state index in [9.17, 15) is 19.5 Å². The molecule has 2 N–H and O–H groups in total. The number of rotatable bonds is 35. The van der Waals surface area contributed by atoms with Crippen molar-refractivity contribution < 1.29 is 24.2 Å². The number of unbranched alkanes of at least 4 members (excludes halogenated alkanes) is 23. The van der Waals surface area contributed by atoms with Crippen LogP contribution < -0.4 is 5.32 Å². The third-order valence-corrected chi connectivity index (χ3v) is 9.07. The summed E-state index contributed by atoms with van der Waals surface area (Å²) in [5.41, 5.74) is 0. The van der Waals surface area contributed by atoms with E-state index in [1.165, 1.54) is 122 Å². The smallest absolute Gasteiger partial charge is 0.328 e. The molecule has 0 saturated carbocycles. The maximum absolute atomic E-state index is 13.3. The molecule has 0 rings (SSSR count). The number of hydrogen-bond acceptors (Lipinski definition) is 4. The van der Waals surface area contributed by atoms with E-state index < -0.39 is 18.0 Å². The molecule has 0 heterocycles. The van der Waals surface area contributed by atoms with Crippen molar-refractivity contribution in [3.63, 3.8) is 0 Å². The van der Waals surface area contributed by atoms with Crippen LogP contribution in [-0.2, 0) is 19.1 Å². The first-order valence-corrected chi connectivity index (χ1v) is 19.7. The van der Waals surface area contributed by atoms with E-state index in [0.717, 1.165) is 57.8 Å². The van der Waals surface area contributed by atoms with Gasteiger partial charge in [-0.05, 0) is 38.5 Å². The van der Waals surface area contributed by atoms with E-state index in [1.807, 2.05) is 0 Å². The minimum atomic E-state index is -0.967. The Bertz CT molecular complexity index is 682. The summed E-state index contributed by atoms with van der Waals surface area (Å²) < 4.78 is 6.01. The van der Waals surface area contributed by atoms with Crippen LogP contribution in [0.1, 0.15) is 220 Å². The van der Waals surface area contributed by atoms with Gasteiger partial charge in [0.2, 0.25) is 5.91 Å². The Morgan fingerprint density at radius 2 is 0.844 bits per heavy atom. The van der Waals surface area contributed by atoms with Gasteiger partial charge < -0.3 is 15.2 Å². The molecular weight excluding hydrogens is 562 g/mol. The van der Waals surface area contributed by atoms with Crippen LogP contribution in [0.15, 0.2) is 0 Å². The van der Waals surface area contributed by atoms with Crippen LogP contribution in [0.4, 0.5) is 0 Å². The van der Waals surface area contributed by atoms with Gasteiger partial charge in [0.15, 0.2) is 0 Å². The molecule has 0 aromatic rings. The fourth-order valence-electron chi connectivity index (χ4n) is 6.08. The van der Waals surface area contributed by atoms with Gasteiger partial charge in [-0.25, -0.2) is 4.79 Å². The van der Waals surface area contributed by atoms with Gasteiger partial charge >= 0.3 is 11.9 Å². The van der Waals surface area contributed by atoms with E-state index in [0.29, 0.717) is 6.42 Å². The summed E-state index contributed by atoms with van der Waals surface area (Å²) in [5, 5.41) is 12.1. The fraction of sp³-hybridized carbons (Fsp3) is 0.923. The van der Waals surface area contributed by atoms with Gasteiger partial charge in [-0.15, -0.1) is 0 Å². The molecule has 6 nitrogen and oxygen atoms in total. The van der Waals surface area contributed by atoms with Crippen LogP contribution in [0.5, 0.6) is 0 Å². The normalized spacial score (nSPS) is 12.6. The lowest BCUT2D eigenvalue weighted by molar-refractivity contribution is -0.154. The Hall–Kier alpha value is -1.59. The quantitative estimate of drug-likeness (QED) is 0.0533. The number of ether oxygens (including phenoxy) is 1. The summed E-state index contributed by atoms with van der Waals surface area (Å²) in [6.07, 6.45) is 33.5. The van der Waals surface area contributed by atoms with Crippen LogP contribution in [0.3, 0.4) is 0 Å². The van der Waals surface area contributed by atoms with Gasteiger partial charge in [0.05, 0.1) is 0 Å². The minimum absolute atomic E-state index is 0.0694. The standard InChI is InChI=1S/C39H75NO5/c1-4-7-10-13-16-18-19-21-23-26-29-32-37(41)40-36(33-34-38(42)43)39(44)45-35(30-27-24-15-12-9-6-3)31-28-25-22-20-17-14-11-8-5-2/h35-36H,4-34H2,1-3H3,(H,40,41)(H,42,43)/t35?,36-/m0/s1. The first-order valence-electron chi connectivity index (χ1n) is 19.7. The Morgan fingerprint density at radius 3 is 1.22 bits per heavy atom. The van der Waals surface area contributed by atoms with Crippen LogP contribution in [-0.4, -0.2) is 35.1 Å². The zero-order valence-corrected chi connectivity index (χ0v) is 30.2. The Balaban J connectivity index is 4.66. The fourth-order valence-corrected chi connectivity index (χ4v) is 6.08. The maximum Gasteiger partial charge on any atom is 0.328 e. The second kappa shape index (κ2) is 33.8. The number of carboxylic acids is 1. The molecule has 45 heavy (non-hydrogen) atoms. The molecule has 0 aliphatic rings. The molecule has 0 bridgehead atoms. The maximum atomic E-state index is 13.3. The van der Waals surface area contributed by atoms with Crippen molar-refractivity contribution in [3.05, 3.63) is 0 Å². The lowest BCUT2D eigenvalue weighted by Crippen LogP contribution is -2.43. The summed E-state index contributed by atoms with van der Waals surface area (Å²) in [6.45, 7) is 6.71. The first kappa shape index (κ1) is 43.4. The Kier molecular flexibility index (Phi) is 32.6. The molecule has 0 aliphatic heterocycles. The van der Waals surface area contributed by atoms with E-state index in [4.69, 9.17) is 4.74 Å². The molecule has 1 unspecified atom stereocenters. The zero-order valence-electron chi connectivity index (χ0n) is 30.2. The summed E-state index contributed by atoms with van der Waals surface area (Å²) in [6, 6.07) is -0.892. The second-order valence-corrected chi connectivity index (χ2v) is 13.6. The van der Waals surface area contributed by atoms with Crippen molar-refractivity contribution in [2.75, 3.05) is 0 Å². The molecule has 0 saturated heterocycles. The summed E-state index contributed by atoms with van der Waals surface area (Å²) >= 11 is 0. The number of hydrogen-bond donors (Lipinski definition) is 2. The van der Waals surface area contributed by atoms with Crippen LogP contribution >= 0.6 is 0 Å². The van der Waals surface area contributed by atoms with Gasteiger partial charge in [0, 0.05) is 12.8 Å². The summed E-state index contributed by atoms with van der Waals surface area (Å²) in [4.78, 5) is 37.3. The van der Waals surface area contributed by atoms with Crippen molar-refractivity contribution in [1.29, 1.82) is 0 Å². The van der Waals surface area contributed by atoms with E-state index in [2.05, 4.69) is 26.1 Å². The average molecular weight is 638 g/mol. The van der Waals surface area contributed by atoms with Gasteiger partial charge in [-0.2, -0.15) is 0 Å². The molecule has 0 radical (unpaired) electrons. The highest BCUT2D eigenvalue weighted by atomic mass is 16.5. The summed E-state index contributed by atoms with van der Waals surface area (Å²) in [7, 11) is 0. The molecule has 266 valence electrons. The number of nitrogens with one attached hydrogen (secondary N) is 1. The highest BCUT2D eigenvalue weighted by molar-refractivity contribution is 5.85. The molecule has 0 aromatic heterocycles. The van der Waals surface area contributed by atoms with Crippen molar-refractivity contribution >= 4 is 17.8 Å². The number of carbonyl (C=O) groups is 3. The number of esters is 1. The summed E-state index contributed by atoms with van der Waals surface area (Å²) in [5.74, 6) is -1.61. The third kappa shape index (κ3) is 30.8. The molecule has 0 fully saturated rings. The number of aliphatic carboxylic acids is 1. The largest absolute Gasteiger partial charge is 0.481 e. The first-order chi connectivity index (χ1) is 21.9. The molecule has 6 heteroatoms. The van der Waals surface area contributed by atoms with Crippen molar-refractivity contribution in [2.24, 2.45) is 0 Å². The lowest BCUT2D eigenvalue weighted by Gasteiger charge is -2.23. The Labute approximate surface area is 279 Å². The van der Waals surface area contributed by atoms with Gasteiger partial charge in [0.1, 0.15) is 12.1 Å². The number of carbonyl (C=O) groups excluding carboxylic acids is 2. The van der Waals surface area contributed by atoms with Gasteiger partial charge in [-0.3, -0.25) is 9.59 Å². The average Bonchev–Trinajstić information content (AvgIpc) is 3.02. The van der Waals surface area contributed by atoms with Crippen molar-refractivity contribution in [3.8, 4) is 0 Å². The molecular formula is C39H75NO5. The highest BCUT2D eigenvalue weighted by Gasteiger charge is 2.26.